The van der Waals surface area contributed by atoms with E-state index in [-0.39, 0.29) is 36.5 Å². The Morgan fingerprint density at radius 1 is 1.27 bits per heavy atom. The first-order chi connectivity index (χ1) is 12.3. The number of nitrogens with one attached hydrogen (secondary N) is 1. The minimum atomic E-state index is -0.451. The number of carbonyl (C=O) groups excluding carboxylic acids is 2. The average molecular weight is 359 g/mol. The summed E-state index contributed by atoms with van der Waals surface area (Å²) in [5.74, 6) is 0.0637. The molecule has 0 aromatic heterocycles. The van der Waals surface area contributed by atoms with Crippen molar-refractivity contribution >= 4 is 23.2 Å². The van der Waals surface area contributed by atoms with E-state index in [4.69, 9.17) is 0 Å². The van der Waals surface area contributed by atoms with Crippen LogP contribution < -0.4 is 10.2 Å². The maximum absolute atomic E-state index is 12.5. The molecule has 1 saturated heterocycles. The summed E-state index contributed by atoms with van der Waals surface area (Å²) in [6.07, 6.45) is 4.36. The molecule has 26 heavy (non-hydrogen) atoms. The summed E-state index contributed by atoms with van der Waals surface area (Å²) in [6.45, 7) is 4.16. The maximum Gasteiger partial charge on any atom is 0.274 e. The normalized spacial score (nSPS) is 26.0. The maximum atomic E-state index is 12.5. The van der Waals surface area contributed by atoms with Crippen molar-refractivity contribution in [3.05, 3.63) is 33.9 Å². The second-order valence-corrected chi connectivity index (χ2v) is 7.60. The lowest BCUT2D eigenvalue weighted by Gasteiger charge is -2.27. The van der Waals surface area contributed by atoms with Crippen LogP contribution in [-0.2, 0) is 9.59 Å². The van der Waals surface area contributed by atoms with Crippen LogP contribution in [0.15, 0.2) is 18.2 Å². The number of nitro groups is 1. The molecule has 140 valence electrons. The molecule has 1 heterocycles. The predicted molar refractivity (Wildman–Crippen MR) is 97.9 cm³/mol. The standard InChI is InChI=1S/C19H25N3O4/c1-12-3-6-15(7-4-12)20-19(24)14-9-18(23)21(11-14)16-8-5-13(2)17(10-16)22(25)26/h5,8,10,12,14-15H,3-4,6-7,9,11H2,1-2H3,(H,20,24)/t12?,14-,15?/m1/s1. The third kappa shape index (κ3) is 3.86. The molecule has 0 bridgehead atoms. The van der Waals surface area contributed by atoms with Crippen molar-refractivity contribution in [2.45, 2.75) is 52.0 Å². The Labute approximate surface area is 152 Å². The lowest BCUT2D eigenvalue weighted by atomic mass is 9.87. The highest BCUT2D eigenvalue weighted by Gasteiger charge is 2.36. The van der Waals surface area contributed by atoms with Crippen LogP contribution in [0, 0.1) is 28.9 Å². The van der Waals surface area contributed by atoms with Gasteiger partial charge in [-0.2, -0.15) is 0 Å². The van der Waals surface area contributed by atoms with E-state index < -0.39 is 10.8 Å². The number of benzene rings is 1. The minimum Gasteiger partial charge on any atom is -0.353 e. The van der Waals surface area contributed by atoms with E-state index in [2.05, 4.69) is 12.2 Å². The molecule has 3 rings (SSSR count). The van der Waals surface area contributed by atoms with Gasteiger partial charge in [0.1, 0.15) is 0 Å². The van der Waals surface area contributed by atoms with Gasteiger partial charge in [0.2, 0.25) is 11.8 Å². The molecule has 1 aromatic rings. The van der Waals surface area contributed by atoms with E-state index in [0.717, 1.165) is 25.7 Å². The van der Waals surface area contributed by atoms with Crippen LogP contribution >= 0.6 is 0 Å². The number of aryl methyl sites for hydroxylation is 1. The van der Waals surface area contributed by atoms with Gasteiger partial charge in [0, 0.05) is 30.6 Å². The van der Waals surface area contributed by atoms with E-state index in [9.17, 15) is 19.7 Å². The molecule has 1 aromatic carbocycles. The Morgan fingerprint density at radius 3 is 2.62 bits per heavy atom. The molecule has 0 radical (unpaired) electrons. The largest absolute Gasteiger partial charge is 0.353 e. The highest BCUT2D eigenvalue weighted by Crippen LogP contribution is 2.30. The summed E-state index contributed by atoms with van der Waals surface area (Å²) in [6, 6.07) is 4.94. The first-order valence-electron chi connectivity index (χ1n) is 9.21. The molecule has 2 aliphatic rings. The monoisotopic (exact) mass is 359 g/mol. The molecular weight excluding hydrogens is 334 g/mol. The Balaban J connectivity index is 1.66. The number of hydrogen-bond acceptors (Lipinski definition) is 4. The summed E-state index contributed by atoms with van der Waals surface area (Å²) in [7, 11) is 0. The fraction of sp³-hybridized carbons (Fsp3) is 0.579. The quantitative estimate of drug-likeness (QED) is 0.661. The van der Waals surface area contributed by atoms with Gasteiger partial charge in [-0.1, -0.05) is 13.0 Å². The van der Waals surface area contributed by atoms with Crippen LogP contribution in [0.1, 0.15) is 44.6 Å². The highest BCUT2D eigenvalue weighted by molar-refractivity contribution is 6.00. The molecule has 1 aliphatic heterocycles. The number of nitrogens with zero attached hydrogens (tertiary/aromatic N) is 2. The van der Waals surface area contributed by atoms with E-state index in [1.807, 2.05) is 0 Å². The summed E-state index contributed by atoms with van der Waals surface area (Å²) in [4.78, 5) is 37.1. The number of nitro benzene ring substituents is 1. The van der Waals surface area contributed by atoms with Crippen molar-refractivity contribution in [2.24, 2.45) is 11.8 Å². The van der Waals surface area contributed by atoms with Crippen molar-refractivity contribution in [1.82, 2.24) is 5.32 Å². The zero-order valence-electron chi connectivity index (χ0n) is 15.2. The fourth-order valence-electron chi connectivity index (χ4n) is 3.82. The molecular formula is C19H25N3O4. The second-order valence-electron chi connectivity index (χ2n) is 7.60. The van der Waals surface area contributed by atoms with Gasteiger partial charge in [0.15, 0.2) is 0 Å². The van der Waals surface area contributed by atoms with Gasteiger partial charge >= 0.3 is 0 Å². The molecule has 0 unspecified atom stereocenters. The van der Waals surface area contributed by atoms with Gasteiger partial charge < -0.3 is 10.2 Å². The van der Waals surface area contributed by atoms with Crippen LogP contribution in [0.25, 0.3) is 0 Å². The molecule has 1 aliphatic carbocycles. The van der Waals surface area contributed by atoms with Gasteiger partial charge in [-0.15, -0.1) is 0 Å². The Kier molecular flexibility index (Phi) is 5.25. The highest BCUT2D eigenvalue weighted by atomic mass is 16.6. The molecule has 1 N–H and O–H groups in total. The van der Waals surface area contributed by atoms with Gasteiger partial charge in [-0.25, -0.2) is 0 Å². The van der Waals surface area contributed by atoms with Gasteiger partial charge in [-0.3, -0.25) is 19.7 Å². The van der Waals surface area contributed by atoms with E-state index in [0.29, 0.717) is 17.2 Å². The smallest absolute Gasteiger partial charge is 0.274 e. The first-order valence-corrected chi connectivity index (χ1v) is 9.21. The number of hydrogen-bond donors (Lipinski definition) is 1. The van der Waals surface area contributed by atoms with Crippen LogP contribution in [0.5, 0.6) is 0 Å². The van der Waals surface area contributed by atoms with E-state index in [1.54, 1.807) is 19.1 Å². The van der Waals surface area contributed by atoms with Crippen LogP contribution in [-0.4, -0.2) is 29.3 Å². The number of amides is 2. The van der Waals surface area contributed by atoms with Crippen molar-refractivity contribution in [3.63, 3.8) is 0 Å². The Bertz CT molecular complexity index is 725. The van der Waals surface area contributed by atoms with Crippen molar-refractivity contribution in [1.29, 1.82) is 0 Å². The number of anilines is 1. The van der Waals surface area contributed by atoms with Crippen molar-refractivity contribution < 1.29 is 14.5 Å². The van der Waals surface area contributed by atoms with Gasteiger partial charge in [0.05, 0.1) is 16.5 Å². The zero-order chi connectivity index (χ0) is 18.8. The lowest BCUT2D eigenvalue weighted by molar-refractivity contribution is -0.385. The fourth-order valence-corrected chi connectivity index (χ4v) is 3.82. The Hall–Kier alpha value is -2.44. The van der Waals surface area contributed by atoms with Crippen molar-refractivity contribution in [2.75, 3.05) is 11.4 Å². The zero-order valence-corrected chi connectivity index (χ0v) is 15.2. The minimum absolute atomic E-state index is 0.0143. The SMILES string of the molecule is Cc1ccc(N2C[C@H](C(=O)NC3CCC(C)CC3)CC2=O)cc1[N+](=O)[O-]. The topological polar surface area (TPSA) is 92.6 Å². The van der Waals surface area contributed by atoms with Crippen LogP contribution in [0.4, 0.5) is 11.4 Å². The third-order valence-electron chi connectivity index (χ3n) is 5.56. The molecule has 1 saturated carbocycles. The number of carbonyl (C=O) groups is 2. The predicted octanol–water partition coefficient (Wildman–Crippen LogP) is 2.95. The van der Waals surface area contributed by atoms with E-state index >= 15 is 0 Å². The lowest BCUT2D eigenvalue weighted by Crippen LogP contribution is -2.41. The van der Waals surface area contributed by atoms with Gasteiger partial charge in [-0.05, 0) is 44.6 Å². The third-order valence-corrected chi connectivity index (χ3v) is 5.56. The van der Waals surface area contributed by atoms with Gasteiger partial charge in [0.25, 0.3) is 5.69 Å². The second kappa shape index (κ2) is 7.43. The summed E-state index contributed by atoms with van der Waals surface area (Å²) in [5, 5.41) is 14.2. The molecule has 2 fully saturated rings. The molecule has 1 atom stereocenters. The molecule has 2 amide bonds. The summed E-state index contributed by atoms with van der Waals surface area (Å²) in [5.41, 5.74) is 1.01. The Morgan fingerprint density at radius 2 is 1.96 bits per heavy atom. The average Bonchev–Trinajstić information content (AvgIpc) is 2.99. The molecule has 0 spiro atoms. The van der Waals surface area contributed by atoms with Crippen LogP contribution in [0.2, 0.25) is 0 Å². The molecule has 7 heteroatoms. The summed E-state index contributed by atoms with van der Waals surface area (Å²) >= 11 is 0. The summed E-state index contributed by atoms with van der Waals surface area (Å²) < 4.78 is 0. The number of rotatable bonds is 4. The first kappa shape index (κ1) is 18.4. The van der Waals surface area contributed by atoms with Crippen molar-refractivity contribution in [3.8, 4) is 0 Å². The van der Waals surface area contributed by atoms with E-state index in [1.165, 1.54) is 11.0 Å². The van der Waals surface area contributed by atoms with Crippen LogP contribution in [0.3, 0.4) is 0 Å². The molecule has 7 nitrogen and oxygen atoms in total.